The Kier molecular flexibility index (Phi) is 7.39. The molecule has 1 N–H and O–H groups in total. The molecule has 0 heterocycles. The lowest BCUT2D eigenvalue weighted by Crippen LogP contribution is -2.32. The van der Waals surface area contributed by atoms with Crippen molar-refractivity contribution in [1.29, 1.82) is 0 Å². The van der Waals surface area contributed by atoms with Crippen LogP contribution in [-0.4, -0.2) is 21.0 Å². The van der Waals surface area contributed by atoms with Crippen LogP contribution < -0.4 is 4.72 Å². The molecule has 0 aliphatic heterocycles. The van der Waals surface area contributed by atoms with E-state index in [1.54, 1.807) is 30.3 Å². The molecule has 0 saturated heterocycles. The number of hydrogen-bond donors (Lipinski definition) is 1. The van der Waals surface area contributed by atoms with Crippen molar-refractivity contribution in [2.75, 3.05) is 6.61 Å². The Labute approximate surface area is 183 Å². The average molecular weight is 436 g/mol. The van der Waals surface area contributed by atoms with Gasteiger partial charge in [0, 0.05) is 6.08 Å². The van der Waals surface area contributed by atoms with Gasteiger partial charge in [0.15, 0.2) is 0 Å². The Hall–Kier alpha value is -3.22. The molecule has 0 aromatic heterocycles. The van der Waals surface area contributed by atoms with Gasteiger partial charge in [-0.05, 0) is 43.2 Å². The van der Waals surface area contributed by atoms with Gasteiger partial charge < -0.3 is 4.74 Å². The van der Waals surface area contributed by atoms with Gasteiger partial charge in [-0.25, -0.2) is 17.9 Å². The summed E-state index contributed by atoms with van der Waals surface area (Å²) >= 11 is 0. The lowest BCUT2D eigenvalue weighted by molar-refractivity contribution is -0.138. The molecule has 3 aromatic carbocycles. The van der Waals surface area contributed by atoms with Crippen molar-refractivity contribution in [3.63, 3.8) is 0 Å². The summed E-state index contributed by atoms with van der Waals surface area (Å²) < 4.78 is 33.8. The van der Waals surface area contributed by atoms with Crippen LogP contribution in [0.5, 0.6) is 0 Å². The molecule has 6 heteroatoms. The minimum atomic E-state index is -3.80. The van der Waals surface area contributed by atoms with Gasteiger partial charge in [0.2, 0.25) is 10.0 Å². The number of carbonyl (C=O) groups is 1. The van der Waals surface area contributed by atoms with E-state index in [0.717, 1.165) is 16.7 Å². The van der Waals surface area contributed by atoms with Crippen molar-refractivity contribution >= 4 is 22.1 Å². The minimum absolute atomic E-state index is 0.133. The first-order valence-corrected chi connectivity index (χ1v) is 11.4. The van der Waals surface area contributed by atoms with Crippen LogP contribution in [0.1, 0.15) is 28.3 Å². The number of nitrogens with one attached hydrogen (secondary N) is 1. The maximum Gasteiger partial charge on any atom is 0.330 e. The van der Waals surface area contributed by atoms with Crippen LogP contribution in [0.2, 0.25) is 0 Å². The summed E-state index contributed by atoms with van der Waals surface area (Å²) in [6, 6.07) is 22.7. The fourth-order valence-corrected chi connectivity index (χ4v) is 4.12. The van der Waals surface area contributed by atoms with Crippen molar-refractivity contribution in [3.05, 3.63) is 107 Å². The zero-order chi connectivity index (χ0) is 22.3. The van der Waals surface area contributed by atoms with E-state index in [4.69, 9.17) is 4.74 Å². The van der Waals surface area contributed by atoms with Gasteiger partial charge in [0.25, 0.3) is 0 Å². The summed E-state index contributed by atoms with van der Waals surface area (Å²) in [5.74, 6) is -0.546. The number of hydrogen-bond acceptors (Lipinski definition) is 4. The van der Waals surface area contributed by atoms with Crippen molar-refractivity contribution < 1.29 is 17.9 Å². The van der Waals surface area contributed by atoms with E-state index in [1.807, 2.05) is 68.4 Å². The van der Waals surface area contributed by atoms with Crippen molar-refractivity contribution in [2.45, 2.75) is 24.8 Å². The molecule has 1 atom stereocenters. The third-order valence-electron chi connectivity index (χ3n) is 4.71. The summed E-state index contributed by atoms with van der Waals surface area (Å²) in [5, 5.41) is 0. The molecule has 3 rings (SSSR count). The molecule has 5 nitrogen and oxygen atoms in total. The molecule has 0 aliphatic carbocycles. The maximum atomic E-state index is 12.9. The Morgan fingerprint density at radius 3 is 2.10 bits per heavy atom. The maximum absolute atomic E-state index is 12.9. The van der Waals surface area contributed by atoms with E-state index < -0.39 is 22.0 Å². The van der Waals surface area contributed by atoms with E-state index in [1.165, 1.54) is 6.08 Å². The second-order valence-electron chi connectivity index (χ2n) is 7.27. The summed E-state index contributed by atoms with van der Waals surface area (Å²) in [7, 11) is -3.80. The SMILES string of the molecule is Cc1ccc(C(COC(=O)/C=C/c2ccccc2)NS(=O)(=O)c2ccc(C)cc2)cc1. The van der Waals surface area contributed by atoms with Gasteiger partial charge in [-0.2, -0.15) is 0 Å². The summed E-state index contributed by atoms with van der Waals surface area (Å²) in [6.07, 6.45) is 2.98. The molecule has 1 unspecified atom stereocenters. The molecule has 0 spiro atoms. The predicted octanol–water partition coefficient (Wildman–Crippen LogP) is 4.58. The first-order valence-electron chi connectivity index (χ1n) is 9.89. The molecule has 0 saturated carbocycles. The fraction of sp³-hybridized carbons (Fsp3) is 0.160. The number of benzene rings is 3. The lowest BCUT2D eigenvalue weighted by Gasteiger charge is -2.19. The van der Waals surface area contributed by atoms with Gasteiger partial charge in [-0.3, -0.25) is 0 Å². The van der Waals surface area contributed by atoms with E-state index in [2.05, 4.69) is 4.72 Å². The second kappa shape index (κ2) is 10.2. The van der Waals surface area contributed by atoms with E-state index in [-0.39, 0.29) is 11.5 Å². The molecular formula is C25H25NO4S. The highest BCUT2D eigenvalue weighted by Crippen LogP contribution is 2.19. The highest BCUT2D eigenvalue weighted by molar-refractivity contribution is 7.89. The largest absolute Gasteiger partial charge is 0.460 e. The van der Waals surface area contributed by atoms with E-state index in [9.17, 15) is 13.2 Å². The molecule has 3 aromatic rings. The van der Waals surface area contributed by atoms with Crippen LogP contribution in [0.3, 0.4) is 0 Å². The van der Waals surface area contributed by atoms with Crippen molar-refractivity contribution in [2.24, 2.45) is 0 Å². The van der Waals surface area contributed by atoms with Gasteiger partial charge in [-0.1, -0.05) is 77.9 Å². The quantitative estimate of drug-likeness (QED) is 0.415. The van der Waals surface area contributed by atoms with Crippen molar-refractivity contribution in [3.8, 4) is 0 Å². The molecular weight excluding hydrogens is 410 g/mol. The van der Waals surface area contributed by atoms with Crippen LogP contribution in [-0.2, 0) is 19.6 Å². The standard InChI is InChI=1S/C25H25NO4S/c1-19-8-13-22(14-9-19)24(26-31(28,29)23-15-10-20(2)11-16-23)18-30-25(27)17-12-21-6-4-3-5-7-21/h3-17,24,26H,18H2,1-2H3/b17-12+. The van der Waals surface area contributed by atoms with Crippen LogP contribution in [0.4, 0.5) is 0 Å². The molecule has 0 amide bonds. The van der Waals surface area contributed by atoms with Gasteiger partial charge in [0.05, 0.1) is 10.9 Å². The lowest BCUT2D eigenvalue weighted by atomic mass is 10.1. The van der Waals surface area contributed by atoms with Crippen LogP contribution in [0, 0.1) is 13.8 Å². The fourth-order valence-electron chi connectivity index (χ4n) is 2.91. The van der Waals surface area contributed by atoms with E-state index in [0.29, 0.717) is 5.56 Å². The Morgan fingerprint density at radius 2 is 1.48 bits per heavy atom. The predicted molar refractivity (Wildman–Crippen MR) is 122 cm³/mol. The molecule has 0 aliphatic rings. The van der Waals surface area contributed by atoms with Gasteiger partial charge in [0.1, 0.15) is 6.61 Å². The first-order chi connectivity index (χ1) is 14.8. The molecule has 0 radical (unpaired) electrons. The molecule has 31 heavy (non-hydrogen) atoms. The number of carbonyl (C=O) groups excluding carboxylic acids is 1. The van der Waals surface area contributed by atoms with Crippen LogP contribution in [0.25, 0.3) is 6.08 Å². The molecule has 0 bridgehead atoms. The monoisotopic (exact) mass is 435 g/mol. The second-order valence-corrected chi connectivity index (χ2v) is 8.99. The van der Waals surface area contributed by atoms with E-state index >= 15 is 0 Å². The number of sulfonamides is 1. The Bertz CT molecular complexity index is 1140. The number of esters is 1. The highest BCUT2D eigenvalue weighted by atomic mass is 32.2. The minimum Gasteiger partial charge on any atom is -0.460 e. The Morgan fingerprint density at radius 1 is 0.903 bits per heavy atom. The number of ether oxygens (including phenoxy) is 1. The van der Waals surface area contributed by atoms with Crippen molar-refractivity contribution in [1.82, 2.24) is 4.72 Å². The first kappa shape index (κ1) is 22.5. The highest BCUT2D eigenvalue weighted by Gasteiger charge is 2.22. The number of rotatable bonds is 8. The zero-order valence-electron chi connectivity index (χ0n) is 17.5. The topological polar surface area (TPSA) is 72.5 Å². The normalized spacial score (nSPS) is 12.6. The summed E-state index contributed by atoms with van der Waals surface area (Å²) in [6.45, 7) is 3.71. The van der Waals surface area contributed by atoms with Crippen LogP contribution >= 0.6 is 0 Å². The van der Waals surface area contributed by atoms with Gasteiger partial charge in [-0.15, -0.1) is 0 Å². The van der Waals surface area contributed by atoms with Crippen LogP contribution in [0.15, 0.2) is 89.8 Å². The third kappa shape index (κ3) is 6.64. The summed E-state index contributed by atoms with van der Waals surface area (Å²) in [5.41, 5.74) is 3.59. The third-order valence-corrected chi connectivity index (χ3v) is 6.20. The summed E-state index contributed by atoms with van der Waals surface area (Å²) in [4.78, 5) is 12.4. The zero-order valence-corrected chi connectivity index (χ0v) is 18.3. The Balaban J connectivity index is 1.75. The molecule has 0 fully saturated rings. The average Bonchev–Trinajstić information content (AvgIpc) is 2.77. The molecule has 160 valence electrons. The number of aryl methyl sites for hydroxylation is 2. The van der Waals surface area contributed by atoms with Gasteiger partial charge >= 0.3 is 5.97 Å². The smallest absolute Gasteiger partial charge is 0.330 e.